The Morgan fingerprint density at radius 2 is 1.63 bits per heavy atom. The summed E-state index contributed by atoms with van der Waals surface area (Å²) in [6.45, 7) is 4.11. The Balaban J connectivity index is 2.03. The molecule has 0 aliphatic carbocycles. The molecule has 1 nitrogen and oxygen atoms in total. The number of Topliss-reactive ketones (excluding diaryl/α,β-unsaturated/α-hetero) is 1. The molecule has 0 fully saturated rings. The number of rotatable bonds is 5. The van der Waals surface area contributed by atoms with Crippen LogP contribution in [0.2, 0.25) is 5.02 Å². The molecular formula is C23H18BrClOS. The lowest BCUT2D eigenvalue weighted by atomic mass is 10.0. The van der Waals surface area contributed by atoms with E-state index in [1.165, 1.54) is 17.3 Å². The van der Waals surface area contributed by atoms with Gasteiger partial charge in [0, 0.05) is 20.0 Å². The molecule has 3 aromatic rings. The van der Waals surface area contributed by atoms with Crippen molar-refractivity contribution in [2.45, 2.75) is 18.7 Å². The van der Waals surface area contributed by atoms with Gasteiger partial charge in [-0.3, -0.25) is 4.79 Å². The van der Waals surface area contributed by atoms with Gasteiger partial charge < -0.3 is 0 Å². The number of aryl methyl sites for hydroxylation is 2. The van der Waals surface area contributed by atoms with Crippen LogP contribution in [0.25, 0.3) is 6.08 Å². The maximum atomic E-state index is 13.2. The molecule has 0 amide bonds. The first kappa shape index (κ1) is 19.9. The molecule has 0 radical (unpaired) electrons. The van der Waals surface area contributed by atoms with Gasteiger partial charge in [0.1, 0.15) is 0 Å². The van der Waals surface area contributed by atoms with Crippen LogP contribution in [0.4, 0.5) is 0 Å². The molecule has 0 saturated carbocycles. The zero-order valence-electron chi connectivity index (χ0n) is 15.0. The van der Waals surface area contributed by atoms with Crippen LogP contribution < -0.4 is 0 Å². The molecule has 0 N–H and O–H groups in total. The number of hydrogen-bond donors (Lipinski definition) is 0. The molecule has 3 rings (SSSR count). The summed E-state index contributed by atoms with van der Waals surface area (Å²) in [5.74, 6) is -0.0134. The third-order valence-corrected chi connectivity index (χ3v) is 5.90. The van der Waals surface area contributed by atoms with Crippen molar-refractivity contribution in [3.63, 3.8) is 0 Å². The lowest BCUT2D eigenvalue weighted by Crippen LogP contribution is -2.01. The van der Waals surface area contributed by atoms with Crippen LogP contribution in [0.3, 0.4) is 0 Å². The van der Waals surface area contributed by atoms with Crippen molar-refractivity contribution < 1.29 is 4.79 Å². The van der Waals surface area contributed by atoms with Gasteiger partial charge in [-0.1, -0.05) is 63.1 Å². The molecule has 0 unspecified atom stereocenters. The summed E-state index contributed by atoms with van der Waals surface area (Å²) in [5, 5.41) is 0.618. The van der Waals surface area contributed by atoms with Crippen LogP contribution in [0, 0.1) is 13.8 Å². The van der Waals surface area contributed by atoms with Gasteiger partial charge in [-0.25, -0.2) is 0 Å². The summed E-state index contributed by atoms with van der Waals surface area (Å²) in [6.07, 6.45) is 1.98. The van der Waals surface area contributed by atoms with Crippen molar-refractivity contribution in [2.75, 3.05) is 0 Å². The van der Waals surface area contributed by atoms with Crippen molar-refractivity contribution in [3.8, 4) is 0 Å². The molecule has 0 aromatic heterocycles. The molecule has 0 spiro atoms. The standard InChI is InChI=1S/C23H18BrClOS/c1-15-3-4-16(2)18(13-15)14-22(27-21-11-7-19(24)8-12-21)23(26)17-5-9-20(25)10-6-17/h3-14H,1-2H3. The molecule has 0 atom stereocenters. The van der Waals surface area contributed by atoms with Crippen LogP contribution in [0.5, 0.6) is 0 Å². The highest BCUT2D eigenvalue weighted by atomic mass is 79.9. The topological polar surface area (TPSA) is 17.1 Å². The minimum atomic E-state index is -0.0134. The average Bonchev–Trinajstić information content (AvgIpc) is 2.66. The molecule has 136 valence electrons. The predicted octanol–water partition coefficient (Wildman–Crippen LogP) is 7.74. The van der Waals surface area contributed by atoms with E-state index in [0.29, 0.717) is 15.5 Å². The van der Waals surface area contributed by atoms with E-state index in [2.05, 4.69) is 48.0 Å². The minimum Gasteiger partial charge on any atom is -0.288 e. The summed E-state index contributed by atoms with van der Waals surface area (Å²) >= 11 is 10.9. The van der Waals surface area contributed by atoms with E-state index < -0.39 is 0 Å². The van der Waals surface area contributed by atoms with Gasteiger partial charge in [0.15, 0.2) is 5.78 Å². The van der Waals surface area contributed by atoms with Gasteiger partial charge >= 0.3 is 0 Å². The maximum Gasteiger partial charge on any atom is 0.199 e. The molecule has 0 aliphatic heterocycles. The fourth-order valence-corrected chi connectivity index (χ4v) is 3.88. The monoisotopic (exact) mass is 456 g/mol. The largest absolute Gasteiger partial charge is 0.288 e. The van der Waals surface area contributed by atoms with Crippen LogP contribution in [0.1, 0.15) is 27.0 Å². The Morgan fingerprint density at radius 1 is 0.963 bits per heavy atom. The summed E-state index contributed by atoms with van der Waals surface area (Å²) < 4.78 is 1.01. The number of carbonyl (C=O) groups is 1. The lowest BCUT2D eigenvalue weighted by molar-refractivity contribution is 0.104. The summed E-state index contributed by atoms with van der Waals surface area (Å²) in [5.41, 5.74) is 3.98. The van der Waals surface area contributed by atoms with Crippen molar-refractivity contribution >= 4 is 51.2 Å². The minimum absolute atomic E-state index is 0.0134. The number of ketones is 1. The smallest absolute Gasteiger partial charge is 0.199 e. The van der Waals surface area contributed by atoms with Gasteiger partial charge in [0.2, 0.25) is 0 Å². The molecule has 0 saturated heterocycles. The van der Waals surface area contributed by atoms with E-state index in [0.717, 1.165) is 20.5 Å². The van der Waals surface area contributed by atoms with E-state index in [-0.39, 0.29) is 5.78 Å². The van der Waals surface area contributed by atoms with E-state index >= 15 is 0 Å². The summed E-state index contributed by atoms with van der Waals surface area (Å²) in [7, 11) is 0. The lowest BCUT2D eigenvalue weighted by Gasteiger charge is -2.10. The van der Waals surface area contributed by atoms with Crippen molar-refractivity contribution in [1.29, 1.82) is 0 Å². The van der Waals surface area contributed by atoms with Crippen LogP contribution in [-0.4, -0.2) is 5.78 Å². The molecule has 0 heterocycles. The van der Waals surface area contributed by atoms with Crippen molar-refractivity contribution in [2.24, 2.45) is 0 Å². The maximum absolute atomic E-state index is 13.2. The number of halogens is 2. The highest BCUT2D eigenvalue weighted by molar-refractivity contribution is 9.10. The van der Waals surface area contributed by atoms with Crippen LogP contribution in [0.15, 0.2) is 81.0 Å². The molecule has 4 heteroatoms. The Hall–Kier alpha value is -1.81. The van der Waals surface area contributed by atoms with Gasteiger partial charge in [-0.2, -0.15) is 0 Å². The van der Waals surface area contributed by atoms with Gasteiger partial charge in [-0.05, 0) is 79.6 Å². The molecule has 0 aliphatic rings. The summed E-state index contributed by atoms with van der Waals surface area (Å²) in [4.78, 5) is 14.9. The Bertz CT molecular complexity index is 992. The number of hydrogen-bond acceptors (Lipinski definition) is 2. The quantitative estimate of drug-likeness (QED) is 0.221. The second-order valence-electron chi connectivity index (χ2n) is 6.26. The average molecular weight is 458 g/mol. The zero-order chi connectivity index (χ0) is 19.4. The van der Waals surface area contributed by atoms with Gasteiger partial charge in [0.25, 0.3) is 0 Å². The number of allylic oxidation sites excluding steroid dienone is 1. The van der Waals surface area contributed by atoms with Crippen LogP contribution in [-0.2, 0) is 0 Å². The molecular weight excluding hydrogens is 440 g/mol. The first-order valence-corrected chi connectivity index (χ1v) is 10.4. The van der Waals surface area contributed by atoms with E-state index in [9.17, 15) is 4.79 Å². The van der Waals surface area contributed by atoms with Crippen molar-refractivity contribution in [1.82, 2.24) is 0 Å². The predicted molar refractivity (Wildman–Crippen MR) is 120 cm³/mol. The molecule has 3 aromatic carbocycles. The number of carbonyl (C=O) groups excluding carboxylic acids is 1. The number of benzene rings is 3. The fraction of sp³-hybridized carbons (Fsp3) is 0.0870. The van der Waals surface area contributed by atoms with Crippen molar-refractivity contribution in [3.05, 3.63) is 103 Å². The first-order chi connectivity index (χ1) is 12.9. The Morgan fingerprint density at radius 3 is 2.30 bits per heavy atom. The Labute approximate surface area is 177 Å². The highest BCUT2D eigenvalue weighted by Gasteiger charge is 2.15. The number of thioether (sulfide) groups is 1. The van der Waals surface area contributed by atoms with Gasteiger partial charge in [0.05, 0.1) is 4.91 Å². The third kappa shape index (κ3) is 5.35. The van der Waals surface area contributed by atoms with Gasteiger partial charge in [-0.15, -0.1) is 0 Å². The first-order valence-electron chi connectivity index (χ1n) is 8.45. The second kappa shape index (κ2) is 8.92. The van der Waals surface area contributed by atoms with Crippen LogP contribution >= 0.6 is 39.3 Å². The Kier molecular flexibility index (Phi) is 6.59. The highest BCUT2D eigenvalue weighted by Crippen LogP contribution is 2.32. The third-order valence-electron chi connectivity index (χ3n) is 4.09. The normalized spacial score (nSPS) is 11.5. The van der Waals surface area contributed by atoms with E-state index in [4.69, 9.17) is 11.6 Å². The van der Waals surface area contributed by atoms with E-state index in [1.807, 2.05) is 30.3 Å². The SMILES string of the molecule is Cc1ccc(C)c(C=C(Sc2ccc(Br)cc2)C(=O)c2ccc(Cl)cc2)c1. The molecule has 27 heavy (non-hydrogen) atoms. The zero-order valence-corrected chi connectivity index (χ0v) is 18.2. The second-order valence-corrected chi connectivity index (χ2v) is 8.73. The fourth-order valence-electron chi connectivity index (χ4n) is 2.57. The molecule has 0 bridgehead atoms. The van der Waals surface area contributed by atoms with E-state index in [1.54, 1.807) is 24.3 Å². The summed E-state index contributed by atoms with van der Waals surface area (Å²) in [6, 6.07) is 21.2.